The molecular formula is C28H29ClN6O7. The third-order valence-electron chi connectivity index (χ3n) is 5.99. The van der Waals surface area contributed by atoms with Crippen LogP contribution in [0.4, 0.5) is 5.69 Å². The van der Waals surface area contributed by atoms with Crippen LogP contribution < -0.4 is 27.6 Å². The molecule has 8 N–H and O–H groups in total. The Morgan fingerprint density at radius 1 is 0.952 bits per heavy atom. The van der Waals surface area contributed by atoms with E-state index in [2.05, 4.69) is 15.0 Å². The third kappa shape index (κ3) is 8.76. The van der Waals surface area contributed by atoms with Gasteiger partial charge in [0.05, 0.1) is 11.1 Å². The van der Waals surface area contributed by atoms with Crippen molar-refractivity contribution in [3.05, 3.63) is 94.0 Å². The Morgan fingerprint density at radius 3 is 2.29 bits per heavy atom. The number of guanidine groups is 1. The quantitative estimate of drug-likeness (QED) is 0.0712. The summed E-state index contributed by atoms with van der Waals surface area (Å²) in [5.41, 5.74) is 7.42. The number of halogens is 1. The van der Waals surface area contributed by atoms with Crippen LogP contribution in [-0.4, -0.2) is 41.2 Å². The van der Waals surface area contributed by atoms with Gasteiger partial charge < -0.3 is 30.4 Å². The van der Waals surface area contributed by atoms with Gasteiger partial charge in [-0.05, 0) is 66.1 Å². The molecule has 0 aromatic heterocycles. The lowest BCUT2D eigenvalue weighted by Gasteiger charge is -2.25. The molecule has 0 saturated carbocycles. The number of ether oxygens (including phenoxy) is 1. The first-order valence-electron chi connectivity index (χ1n) is 12.4. The highest BCUT2D eigenvalue weighted by atomic mass is 35.5. The number of esters is 1. The molecule has 14 heteroatoms. The molecule has 0 aliphatic carbocycles. The van der Waals surface area contributed by atoms with E-state index < -0.39 is 36.3 Å². The lowest BCUT2D eigenvalue weighted by Crippen LogP contribution is -2.40. The first-order valence-corrected chi connectivity index (χ1v) is 12.8. The van der Waals surface area contributed by atoms with Gasteiger partial charge in [-0.25, -0.2) is 14.4 Å². The third-order valence-corrected chi connectivity index (χ3v) is 6.34. The smallest absolute Gasteiger partial charge is 0.356 e. The summed E-state index contributed by atoms with van der Waals surface area (Å²) in [6.07, 6.45) is 0.199. The zero-order chi connectivity index (χ0) is 30.8. The number of hydrogen-bond acceptors (Lipinski definition) is 10. The van der Waals surface area contributed by atoms with Crippen molar-refractivity contribution in [2.45, 2.75) is 19.9 Å². The van der Waals surface area contributed by atoms with Gasteiger partial charge in [0.25, 0.3) is 0 Å². The summed E-state index contributed by atoms with van der Waals surface area (Å²) in [7, 11) is 0. The van der Waals surface area contributed by atoms with Gasteiger partial charge in [0.2, 0.25) is 5.91 Å². The van der Waals surface area contributed by atoms with E-state index in [1.165, 1.54) is 35.2 Å². The second kappa shape index (κ2) is 14.6. The topological polar surface area (TPSA) is 213 Å². The second-order valence-corrected chi connectivity index (χ2v) is 9.56. The number of nitrogens with zero attached hydrogens (tertiary/aromatic N) is 1. The molecule has 3 rings (SSSR count). The van der Waals surface area contributed by atoms with Crippen LogP contribution in [0.25, 0.3) is 0 Å². The summed E-state index contributed by atoms with van der Waals surface area (Å²) in [6.45, 7) is 1.21. The summed E-state index contributed by atoms with van der Waals surface area (Å²) < 4.78 is 5.42. The van der Waals surface area contributed by atoms with Crippen LogP contribution in [-0.2, 0) is 32.2 Å². The molecule has 13 nitrogen and oxygen atoms in total. The van der Waals surface area contributed by atoms with Crippen LogP contribution >= 0.6 is 11.6 Å². The number of hydrogen-bond donors (Lipinski definition) is 5. The average Bonchev–Trinajstić information content (AvgIpc) is 2.97. The standard InChI is InChI=1S/C28H29ClN6O7/c1-16(25(37)35(15-24(36)41-32)14-17-3-2-4-20(12-17)27(39)42-33)11-19-7-10-22(13-23(19)29)40-26(38)18-5-8-21(9-6-18)34-28(30)31/h2-10,12-13,16H,11,14-15,32-33H2,1H3,(H4,30,31,34). The second-order valence-electron chi connectivity index (χ2n) is 9.15. The van der Waals surface area contributed by atoms with E-state index in [1.807, 2.05) is 0 Å². The Bertz CT molecular complexity index is 1480. The molecule has 0 heterocycles. The van der Waals surface area contributed by atoms with Crippen LogP contribution in [0, 0.1) is 11.3 Å². The number of carbonyl (C=O) groups is 4. The number of benzene rings is 3. The SMILES string of the molecule is CC(Cc1ccc(OC(=O)c2ccc(NC(=N)N)cc2)cc1Cl)C(=O)N(CC(=O)ON)Cc1cccc(C(=O)ON)c1. The zero-order valence-electron chi connectivity index (χ0n) is 22.5. The maximum atomic E-state index is 13.4. The van der Waals surface area contributed by atoms with Crippen LogP contribution in [0.1, 0.15) is 38.8 Å². The molecule has 0 radical (unpaired) electrons. The van der Waals surface area contributed by atoms with Crippen molar-refractivity contribution >= 4 is 47.1 Å². The Balaban J connectivity index is 1.69. The molecule has 1 atom stereocenters. The van der Waals surface area contributed by atoms with Crippen molar-refractivity contribution in [1.82, 2.24) is 4.90 Å². The first kappa shape index (κ1) is 31.5. The van der Waals surface area contributed by atoms with Crippen molar-refractivity contribution < 1.29 is 33.6 Å². The van der Waals surface area contributed by atoms with Gasteiger partial charge in [-0.15, -0.1) is 0 Å². The van der Waals surface area contributed by atoms with Crippen molar-refractivity contribution in [2.24, 2.45) is 23.4 Å². The van der Waals surface area contributed by atoms with Crippen molar-refractivity contribution in [3.8, 4) is 5.75 Å². The lowest BCUT2D eigenvalue weighted by molar-refractivity contribution is -0.151. The van der Waals surface area contributed by atoms with Crippen molar-refractivity contribution in [3.63, 3.8) is 0 Å². The fourth-order valence-corrected chi connectivity index (χ4v) is 4.23. The number of nitrogens with two attached hydrogens (primary N) is 3. The highest BCUT2D eigenvalue weighted by molar-refractivity contribution is 6.31. The van der Waals surface area contributed by atoms with Gasteiger partial charge in [-0.1, -0.05) is 36.7 Å². The molecule has 3 aromatic rings. The maximum Gasteiger partial charge on any atom is 0.356 e. The number of nitrogens with one attached hydrogen (secondary N) is 2. The van der Waals surface area contributed by atoms with Crippen molar-refractivity contribution in [1.29, 1.82) is 5.41 Å². The molecule has 1 unspecified atom stereocenters. The van der Waals surface area contributed by atoms with Crippen LogP contribution in [0.2, 0.25) is 5.02 Å². The molecule has 3 aromatic carbocycles. The first-order chi connectivity index (χ1) is 20.0. The van der Waals surface area contributed by atoms with Gasteiger partial charge >= 0.3 is 17.9 Å². The summed E-state index contributed by atoms with van der Waals surface area (Å²) in [6, 6.07) is 17.1. The summed E-state index contributed by atoms with van der Waals surface area (Å²) in [5, 5.41) is 10.1. The minimum absolute atomic E-state index is 0.0294. The number of anilines is 1. The van der Waals surface area contributed by atoms with Gasteiger partial charge in [-0.3, -0.25) is 10.2 Å². The van der Waals surface area contributed by atoms with Crippen molar-refractivity contribution in [2.75, 3.05) is 11.9 Å². The van der Waals surface area contributed by atoms with E-state index in [4.69, 9.17) is 39.3 Å². The van der Waals surface area contributed by atoms with E-state index in [9.17, 15) is 19.2 Å². The van der Waals surface area contributed by atoms with Crippen LogP contribution in [0.15, 0.2) is 66.7 Å². The lowest BCUT2D eigenvalue weighted by atomic mass is 9.99. The Hall–Kier alpha value is -4.98. The predicted octanol–water partition coefficient (Wildman–Crippen LogP) is 2.52. The van der Waals surface area contributed by atoms with E-state index in [0.717, 1.165) is 0 Å². The summed E-state index contributed by atoms with van der Waals surface area (Å²) in [5.74, 6) is 6.66. The molecule has 220 valence electrons. The molecule has 0 aliphatic rings. The summed E-state index contributed by atoms with van der Waals surface area (Å²) >= 11 is 6.45. The Morgan fingerprint density at radius 2 is 1.67 bits per heavy atom. The van der Waals surface area contributed by atoms with Gasteiger partial charge in [0.15, 0.2) is 5.96 Å². The van der Waals surface area contributed by atoms with E-state index in [-0.39, 0.29) is 40.8 Å². The average molecular weight is 597 g/mol. The van der Waals surface area contributed by atoms with E-state index in [1.54, 1.807) is 43.3 Å². The fourth-order valence-electron chi connectivity index (χ4n) is 3.99. The Labute approximate surface area is 245 Å². The van der Waals surface area contributed by atoms with E-state index >= 15 is 0 Å². The minimum Gasteiger partial charge on any atom is -0.423 e. The van der Waals surface area contributed by atoms with Crippen LogP contribution in [0.5, 0.6) is 5.75 Å². The zero-order valence-corrected chi connectivity index (χ0v) is 23.2. The normalized spacial score (nSPS) is 11.1. The molecule has 0 spiro atoms. The number of rotatable bonds is 11. The molecule has 42 heavy (non-hydrogen) atoms. The van der Waals surface area contributed by atoms with Crippen LogP contribution in [0.3, 0.4) is 0 Å². The summed E-state index contributed by atoms with van der Waals surface area (Å²) in [4.78, 5) is 59.4. The monoisotopic (exact) mass is 596 g/mol. The number of carbonyl (C=O) groups excluding carboxylic acids is 4. The molecule has 0 fully saturated rings. The molecule has 1 amide bonds. The fraction of sp³-hybridized carbons (Fsp3) is 0.179. The molecule has 0 saturated heterocycles. The predicted molar refractivity (Wildman–Crippen MR) is 153 cm³/mol. The molecule has 0 aliphatic heterocycles. The Kier molecular flexibility index (Phi) is 11.0. The largest absolute Gasteiger partial charge is 0.423 e. The van der Waals surface area contributed by atoms with E-state index in [0.29, 0.717) is 16.8 Å². The minimum atomic E-state index is -0.831. The highest BCUT2D eigenvalue weighted by Crippen LogP contribution is 2.26. The number of amides is 1. The molecular weight excluding hydrogens is 568 g/mol. The molecule has 0 bridgehead atoms. The maximum absolute atomic E-state index is 13.4. The van der Waals surface area contributed by atoms with Gasteiger partial charge in [0, 0.05) is 23.2 Å². The highest BCUT2D eigenvalue weighted by Gasteiger charge is 2.25. The van der Waals surface area contributed by atoms with Gasteiger partial charge in [-0.2, -0.15) is 11.8 Å². The van der Waals surface area contributed by atoms with Gasteiger partial charge in [0.1, 0.15) is 12.3 Å².